The van der Waals surface area contributed by atoms with Gasteiger partial charge < -0.3 is 0 Å². The van der Waals surface area contributed by atoms with Gasteiger partial charge in [-0.25, -0.2) is 5.43 Å². The molecule has 0 aliphatic rings. The predicted molar refractivity (Wildman–Crippen MR) is 77.8 cm³/mol. The maximum atomic E-state index is 11.7. The molecule has 2 rings (SSSR count). The first-order valence-corrected chi connectivity index (χ1v) is 7.36. The van der Waals surface area contributed by atoms with Crippen LogP contribution in [0.1, 0.15) is 31.9 Å². The van der Waals surface area contributed by atoms with Crippen LogP contribution in [-0.2, 0) is 6.42 Å². The Kier molecular flexibility index (Phi) is 4.28. The van der Waals surface area contributed by atoms with Gasteiger partial charge in [-0.2, -0.15) is 5.10 Å². The standard InChI is InChI=1S/C13H14N2OS2/c1-3-11-4-5-12(18-11)7-14-15-13(16)10-6-9(2)17-8-10/h4-8H,3H2,1-2H3,(H,15,16)/b14-7-. The molecule has 5 heteroatoms. The Morgan fingerprint density at radius 2 is 2.33 bits per heavy atom. The zero-order valence-corrected chi connectivity index (χ0v) is 11.9. The van der Waals surface area contributed by atoms with Crippen LogP contribution < -0.4 is 5.43 Å². The second-order valence-electron chi connectivity index (χ2n) is 3.80. The normalized spacial score (nSPS) is 11.0. The average molecular weight is 278 g/mol. The molecule has 0 atom stereocenters. The average Bonchev–Trinajstić information content (AvgIpc) is 2.98. The van der Waals surface area contributed by atoms with Crippen molar-refractivity contribution in [3.05, 3.63) is 43.8 Å². The summed E-state index contributed by atoms with van der Waals surface area (Å²) >= 11 is 3.24. The van der Waals surface area contributed by atoms with Gasteiger partial charge in [0.05, 0.1) is 11.8 Å². The van der Waals surface area contributed by atoms with E-state index in [1.54, 1.807) is 28.9 Å². The lowest BCUT2D eigenvalue weighted by molar-refractivity contribution is 0.0955. The molecule has 0 fully saturated rings. The summed E-state index contributed by atoms with van der Waals surface area (Å²) in [4.78, 5) is 15.2. The van der Waals surface area contributed by atoms with Crippen molar-refractivity contribution in [1.29, 1.82) is 0 Å². The zero-order valence-electron chi connectivity index (χ0n) is 10.3. The van der Waals surface area contributed by atoms with E-state index < -0.39 is 0 Å². The number of hydrogen-bond donors (Lipinski definition) is 1. The third-order valence-electron chi connectivity index (χ3n) is 2.38. The Balaban J connectivity index is 1.93. The van der Waals surface area contributed by atoms with Gasteiger partial charge in [-0.15, -0.1) is 22.7 Å². The number of carbonyl (C=O) groups excluding carboxylic acids is 1. The van der Waals surface area contributed by atoms with Gasteiger partial charge in [-0.1, -0.05) is 6.92 Å². The molecule has 0 saturated carbocycles. The van der Waals surface area contributed by atoms with Crippen LogP contribution in [0.25, 0.3) is 0 Å². The van der Waals surface area contributed by atoms with Crippen LogP contribution in [0.2, 0.25) is 0 Å². The highest BCUT2D eigenvalue weighted by Gasteiger charge is 2.05. The molecule has 2 heterocycles. The Morgan fingerprint density at radius 3 is 2.94 bits per heavy atom. The SMILES string of the molecule is CCc1ccc(/C=N\NC(=O)c2csc(C)c2)s1. The molecule has 0 radical (unpaired) electrons. The Hall–Kier alpha value is -1.46. The second kappa shape index (κ2) is 5.93. The van der Waals surface area contributed by atoms with Crippen LogP contribution in [0.15, 0.2) is 28.7 Å². The zero-order chi connectivity index (χ0) is 13.0. The molecule has 2 aromatic heterocycles. The highest BCUT2D eigenvalue weighted by atomic mass is 32.1. The van der Waals surface area contributed by atoms with Gasteiger partial charge in [0.25, 0.3) is 5.91 Å². The summed E-state index contributed by atoms with van der Waals surface area (Å²) in [6, 6.07) is 5.94. The third kappa shape index (κ3) is 3.27. The summed E-state index contributed by atoms with van der Waals surface area (Å²) in [6.07, 6.45) is 2.71. The number of rotatable bonds is 4. The highest BCUT2D eigenvalue weighted by Crippen LogP contribution is 2.15. The van der Waals surface area contributed by atoms with Crippen LogP contribution in [0, 0.1) is 6.92 Å². The Bertz CT molecular complexity index is 569. The molecule has 0 aliphatic carbocycles. The third-order valence-corrected chi connectivity index (χ3v) is 4.41. The molecule has 1 amide bonds. The molecule has 1 N–H and O–H groups in total. The largest absolute Gasteiger partial charge is 0.272 e. The van der Waals surface area contributed by atoms with E-state index in [-0.39, 0.29) is 5.91 Å². The number of carbonyl (C=O) groups is 1. The van der Waals surface area contributed by atoms with Crippen LogP contribution in [0.3, 0.4) is 0 Å². The predicted octanol–water partition coefficient (Wildman–Crippen LogP) is 3.44. The smallest absolute Gasteiger partial charge is 0.267 e. The minimum Gasteiger partial charge on any atom is -0.267 e. The maximum Gasteiger partial charge on any atom is 0.272 e. The van der Waals surface area contributed by atoms with E-state index in [4.69, 9.17) is 0 Å². The van der Waals surface area contributed by atoms with Crippen molar-refractivity contribution in [3.8, 4) is 0 Å². The number of thiophene rings is 2. The summed E-state index contributed by atoms with van der Waals surface area (Å²) < 4.78 is 0. The molecule has 2 aromatic rings. The number of hydrogen-bond acceptors (Lipinski definition) is 4. The fourth-order valence-electron chi connectivity index (χ4n) is 1.44. The summed E-state index contributed by atoms with van der Waals surface area (Å²) in [7, 11) is 0. The van der Waals surface area contributed by atoms with Crippen LogP contribution in [0.4, 0.5) is 0 Å². The van der Waals surface area contributed by atoms with Crippen LogP contribution in [0.5, 0.6) is 0 Å². The number of hydrazone groups is 1. The fourth-order valence-corrected chi connectivity index (χ4v) is 2.94. The molecular weight excluding hydrogens is 264 g/mol. The molecule has 0 saturated heterocycles. The maximum absolute atomic E-state index is 11.7. The van der Waals surface area contributed by atoms with Gasteiger partial charge in [-0.05, 0) is 31.5 Å². The summed E-state index contributed by atoms with van der Waals surface area (Å²) in [5.41, 5.74) is 3.19. The minimum atomic E-state index is -0.164. The van der Waals surface area contributed by atoms with Crippen molar-refractivity contribution < 1.29 is 4.79 Å². The van der Waals surface area contributed by atoms with E-state index in [2.05, 4.69) is 23.5 Å². The number of amides is 1. The second-order valence-corrected chi connectivity index (χ2v) is 6.12. The van der Waals surface area contributed by atoms with Crippen molar-refractivity contribution in [2.24, 2.45) is 5.10 Å². The molecule has 18 heavy (non-hydrogen) atoms. The van der Waals surface area contributed by atoms with Crippen molar-refractivity contribution >= 4 is 34.8 Å². The Morgan fingerprint density at radius 1 is 1.50 bits per heavy atom. The topological polar surface area (TPSA) is 41.5 Å². The first-order valence-electron chi connectivity index (χ1n) is 5.66. The first kappa shape index (κ1) is 13.0. The van der Waals surface area contributed by atoms with E-state index >= 15 is 0 Å². The molecule has 0 aliphatic heterocycles. The van der Waals surface area contributed by atoms with E-state index in [1.807, 2.05) is 24.4 Å². The number of nitrogens with zero attached hydrogens (tertiary/aromatic N) is 1. The quantitative estimate of drug-likeness (QED) is 0.675. The van der Waals surface area contributed by atoms with Crippen molar-refractivity contribution in [1.82, 2.24) is 5.43 Å². The van der Waals surface area contributed by atoms with Gasteiger partial charge in [0.15, 0.2) is 0 Å². The number of nitrogens with one attached hydrogen (secondary N) is 1. The Labute approximate surface area is 114 Å². The summed E-state index contributed by atoms with van der Waals surface area (Å²) in [5, 5.41) is 5.80. The van der Waals surface area contributed by atoms with E-state index in [0.717, 1.165) is 16.2 Å². The lowest BCUT2D eigenvalue weighted by Gasteiger charge is -1.94. The van der Waals surface area contributed by atoms with Gasteiger partial charge in [0, 0.05) is 20.0 Å². The highest BCUT2D eigenvalue weighted by molar-refractivity contribution is 7.13. The van der Waals surface area contributed by atoms with Gasteiger partial charge >= 0.3 is 0 Å². The molecule has 0 spiro atoms. The van der Waals surface area contributed by atoms with Crippen LogP contribution >= 0.6 is 22.7 Å². The molecule has 0 bridgehead atoms. The first-order chi connectivity index (χ1) is 8.69. The summed E-state index contributed by atoms with van der Waals surface area (Å²) in [5.74, 6) is -0.164. The number of aryl methyl sites for hydroxylation is 2. The van der Waals surface area contributed by atoms with Gasteiger partial charge in [0.1, 0.15) is 0 Å². The van der Waals surface area contributed by atoms with E-state index in [9.17, 15) is 4.79 Å². The van der Waals surface area contributed by atoms with Crippen LogP contribution in [-0.4, -0.2) is 12.1 Å². The van der Waals surface area contributed by atoms with Gasteiger partial charge in [-0.3, -0.25) is 4.79 Å². The minimum absolute atomic E-state index is 0.164. The van der Waals surface area contributed by atoms with Crippen molar-refractivity contribution in [3.63, 3.8) is 0 Å². The lowest BCUT2D eigenvalue weighted by atomic mass is 10.3. The molecule has 94 valence electrons. The van der Waals surface area contributed by atoms with Crippen molar-refractivity contribution in [2.45, 2.75) is 20.3 Å². The van der Waals surface area contributed by atoms with E-state index in [1.165, 1.54) is 4.88 Å². The lowest BCUT2D eigenvalue weighted by Crippen LogP contribution is -2.16. The summed E-state index contributed by atoms with van der Waals surface area (Å²) in [6.45, 7) is 4.09. The molecule has 0 unspecified atom stereocenters. The van der Waals surface area contributed by atoms with Gasteiger partial charge in [0.2, 0.25) is 0 Å². The monoisotopic (exact) mass is 278 g/mol. The van der Waals surface area contributed by atoms with E-state index in [0.29, 0.717) is 5.56 Å². The van der Waals surface area contributed by atoms with Crippen molar-refractivity contribution in [2.75, 3.05) is 0 Å². The molecule has 3 nitrogen and oxygen atoms in total. The molecular formula is C13H14N2OS2. The molecule has 0 aromatic carbocycles. The fraction of sp³-hybridized carbons (Fsp3) is 0.231.